The molecule has 1 saturated carbocycles. The van der Waals surface area contributed by atoms with Crippen molar-refractivity contribution < 1.29 is 35.9 Å². The van der Waals surface area contributed by atoms with Gasteiger partial charge in [-0.3, -0.25) is 9.78 Å². The van der Waals surface area contributed by atoms with Crippen LogP contribution in [0.5, 0.6) is 5.75 Å². The molecule has 0 spiro atoms. The Morgan fingerprint density at radius 3 is 2.36 bits per heavy atom. The van der Waals surface area contributed by atoms with Crippen LogP contribution >= 0.6 is 0 Å². The van der Waals surface area contributed by atoms with E-state index in [4.69, 9.17) is 0 Å². The van der Waals surface area contributed by atoms with E-state index in [0.29, 0.717) is 17.5 Å². The number of amides is 1. The standard InChI is InChI=1S/C28H23F6N3O2/c29-27(30,31)15-39-25-13-24-23(12-20(25)28(32,33)34)37-26(38)14-22(36-24)19-7-3-6-17(10-19)18-8-9-35-21(11-18)16-4-1-2-5-16/h3,6-13,16H,1-2,4-5,14-15H2,(H,37,38). The van der Waals surface area contributed by atoms with E-state index < -0.39 is 36.2 Å². The number of pyridine rings is 1. The molecule has 0 unspecified atom stereocenters. The second kappa shape index (κ2) is 10.3. The number of aliphatic imine (C=N–C) groups is 1. The van der Waals surface area contributed by atoms with E-state index in [2.05, 4.69) is 20.0 Å². The highest BCUT2D eigenvalue weighted by Gasteiger charge is 2.38. The van der Waals surface area contributed by atoms with E-state index in [-0.39, 0.29) is 23.5 Å². The van der Waals surface area contributed by atoms with Crippen LogP contribution in [0.4, 0.5) is 37.7 Å². The van der Waals surface area contributed by atoms with Crippen molar-refractivity contribution in [2.45, 2.75) is 50.4 Å². The predicted molar refractivity (Wildman–Crippen MR) is 133 cm³/mol. The third kappa shape index (κ3) is 6.23. The van der Waals surface area contributed by atoms with E-state index >= 15 is 0 Å². The summed E-state index contributed by atoms with van der Waals surface area (Å²) in [5.41, 5.74) is 1.72. The van der Waals surface area contributed by atoms with Gasteiger partial charge in [0.1, 0.15) is 5.75 Å². The zero-order valence-corrected chi connectivity index (χ0v) is 20.5. The Morgan fingerprint density at radius 2 is 1.64 bits per heavy atom. The Morgan fingerprint density at radius 1 is 0.923 bits per heavy atom. The molecule has 2 aromatic carbocycles. The average Bonchev–Trinajstić information content (AvgIpc) is 3.37. The fourth-order valence-electron chi connectivity index (χ4n) is 4.91. The summed E-state index contributed by atoms with van der Waals surface area (Å²) in [6.07, 6.45) is -3.84. The molecule has 204 valence electrons. The van der Waals surface area contributed by atoms with Gasteiger partial charge in [-0.1, -0.05) is 31.0 Å². The first-order chi connectivity index (χ1) is 18.5. The largest absolute Gasteiger partial charge is 0.483 e. The highest BCUT2D eigenvalue weighted by molar-refractivity contribution is 6.17. The summed E-state index contributed by atoms with van der Waals surface area (Å²) in [6, 6.07) is 12.4. The number of hydrogen-bond acceptors (Lipinski definition) is 4. The second-order valence-corrected chi connectivity index (χ2v) is 9.58. The number of nitrogens with zero attached hydrogens (tertiary/aromatic N) is 2. The first kappa shape index (κ1) is 26.7. The van der Waals surface area contributed by atoms with E-state index in [1.54, 1.807) is 18.3 Å². The molecular weight excluding hydrogens is 524 g/mol. The third-order valence-corrected chi connectivity index (χ3v) is 6.74. The van der Waals surface area contributed by atoms with Gasteiger partial charge in [-0.15, -0.1) is 0 Å². The van der Waals surface area contributed by atoms with Gasteiger partial charge in [0.2, 0.25) is 5.91 Å². The van der Waals surface area contributed by atoms with Crippen molar-refractivity contribution in [3.63, 3.8) is 0 Å². The fraction of sp³-hybridized carbons (Fsp3) is 0.321. The summed E-state index contributed by atoms with van der Waals surface area (Å²) in [6.45, 7) is -1.91. The second-order valence-electron chi connectivity index (χ2n) is 9.58. The summed E-state index contributed by atoms with van der Waals surface area (Å²) in [5.74, 6) is -1.22. The Kier molecular flexibility index (Phi) is 7.09. The molecule has 0 radical (unpaired) electrons. The summed E-state index contributed by atoms with van der Waals surface area (Å²) in [4.78, 5) is 21.5. The van der Waals surface area contributed by atoms with Gasteiger partial charge < -0.3 is 10.1 Å². The van der Waals surface area contributed by atoms with E-state index in [1.807, 2.05) is 24.3 Å². The van der Waals surface area contributed by atoms with Crippen molar-refractivity contribution in [1.29, 1.82) is 0 Å². The van der Waals surface area contributed by atoms with Crippen molar-refractivity contribution in [3.8, 4) is 16.9 Å². The number of carbonyl (C=O) groups is 1. The minimum Gasteiger partial charge on any atom is -0.483 e. The number of alkyl halides is 6. The lowest BCUT2D eigenvalue weighted by Crippen LogP contribution is -2.21. The molecule has 0 atom stereocenters. The van der Waals surface area contributed by atoms with Crippen LogP contribution < -0.4 is 10.1 Å². The van der Waals surface area contributed by atoms with Crippen LogP contribution in [0.3, 0.4) is 0 Å². The molecule has 0 saturated heterocycles. The number of aromatic nitrogens is 1. The van der Waals surface area contributed by atoms with E-state index in [0.717, 1.165) is 35.7 Å². The lowest BCUT2D eigenvalue weighted by Gasteiger charge is -2.17. The minimum atomic E-state index is -5.02. The fourth-order valence-corrected chi connectivity index (χ4v) is 4.91. The summed E-state index contributed by atoms with van der Waals surface area (Å²) in [5, 5.41) is 2.38. The van der Waals surface area contributed by atoms with Crippen LogP contribution in [-0.4, -0.2) is 29.4 Å². The Labute approximate surface area is 219 Å². The smallest absolute Gasteiger partial charge is 0.422 e. The van der Waals surface area contributed by atoms with Gasteiger partial charge in [-0.05, 0) is 53.8 Å². The molecule has 5 nitrogen and oxygen atoms in total. The van der Waals surface area contributed by atoms with Gasteiger partial charge in [-0.2, -0.15) is 26.3 Å². The van der Waals surface area contributed by atoms with Gasteiger partial charge in [0.25, 0.3) is 0 Å². The quantitative estimate of drug-likeness (QED) is 0.331. The normalized spacial score (nSPS) is 16.4. The first-order valence-corrected chi connectivity index (χ1v) is 12.4. The Bertz CT molecular complexity index is 1430. The van der Waals surface area contributed by atoms with E-state index in [9.17, 15) is 31.1 Å². The number of ether oxygens (including phenoxy) is 1. The lowest BCUT2D eigenvalue weighted by molar-refractivity contribution is -0.158. The maximum atomic E-state index is 13.6. The molecule has 11 heteroatoms. The van der Waals surface area contributed by atoms with Crippen molar-refractivity contribution in [2.24, 2.45) is 4.99 Å². The Balaban J connectivity index is 1.53. The SMILES string of the molecule is O=C1CC(c2cccc(-c3ccnc(C4CCCC4)c3)c2)=Nc2cc(OCC(F)(F)F)c(C(F)(F)F)cc2N1. The molecule has 39 heavy (non-hydrogen) atoms. The van der Waals surface area contributed by atoms with Crippen LogP contribution in [0.15, 0.2) is 59.7 Å². The maximum absolute atomic E-state index is 13.6. The zero-order valence-electron chi connectivity index (χ0n) is 20.5. The van der Waals surface area contributed by atoms with Crippen LogP contribution in [-0.2, 0) is 11.0 Å². The number of fused-ring (bicyclic) bond motifs is 1. The van der Waals surface area contributed by atoms with Crippen LogP contribution in [0.25, 0.3) is 11.1 Å². The Hall–Kier alpha value is -3.89. The third-order valence-electron chi connectivity index (χ3n) is 6.74. The first-order valence-electron chi connectivity index (χ1n) is 12.4. The molecule has 2 aliphatic rings. The molecular formula is C28H23F6N3O2. The summed E-state index contributed by atoms with van der Waals surface area (Å²) < 4.78 is 83.4. The van der Waals surface area contributed by atoms with Crippen LogP contribution in [0, 0.1) is 0 Å². The van der Waals surface area contributed by atoms with Gasteiger partial charge in [0.05, 0.1) is 29.1 Å². The monoisotopic (exact) mass is 547 g/mol. The molecule has 1 amide bonds. The molecule has 1 aliphatic heterocycles. The van der Waals surface area contributed by atoms with Gasteiger partial charge in [-0.25, -0.2) is 4.99 Å². The zero-order chi connectivity index (χ0) is 27.8. The topological polar surface area (TPSA) is 63.6 Å². The highest BCUT2D eigenvalue weighted by atomic mass is 19.4. The molecule has 3 aromatic rings. The van der Waals surface area contributed by atoms with Gasteiger partial charge in [0, 0.05) is 23.9 Å². The van der Waals surface area contributed by atoms with Gasteiger partial charge >= 0.3 is 12.4 Å². The van der Waals surface area contributed by atoms with E-state index in [1.165, 1.54) is 12.8 Å². The lowest BCUT2D eigenvalue weighted by atomic mass is 9.97. The summed E-state index contributed by atoms with van der Waals surface area (Å²) in [7, 11) is 0. The minimum absolute atomic E-state index is 0.140. The highest BCUT2D eigenvalue weighted by Crippen LogP contribution is 2.43. The van der Waals surface area contributed by atoms with Crippen LogP contribution in [0.2, 0.25) is 0 Å². The number of anilines is 1. The molecule has 2 heterocycles. The number of carbonyl (C=O) groups excluding carboxylic acids is 1. The maximum Gasteiger partial charge on any atom is 0.422 e. The number of hydrogen-bond donors (Lipinski definition) is 1. The summed E-state index contributed by atoms with van der Waals surface area (Å²) >= 11 is 0. The number of halogens is 6. The number of nitrogens with one attached hydrogen (secondary N) is 1. The average molecular weight is 547 g/mol. The molecule has 5 rings (SSSR count). The van der Waals surface area contributed by atoms with Crippen molar-refractivity contribution in [1.82, 2.24) is 4.98 Å². The molecule has 1 aliphatic carbocycles. The number of benzene rings is 2. The van der Waals surface area contributed by atoms with Crippen LogP contribution in [0.1, 0.15) is 54.8 Å². The van der Waals surface area contributed by atoms with Crippen molar-refractivity contribution >= 4 is 23.0 Å². The predicted octanol–water partition coefficient (Wildman–Crippen LogP) is 7.83. The molecule has 1 aromatic heterocycles. The molecule has 1 fully saturated rings. The number of rotatable bonds is 5. The molecule has 0 bridgehead atoms. The van der Waals surface area contributed by atoms with Crippen molar-refractivity contribution in [3.05, 3.63) is 71.5 Å². The van der Waals surface area contributed by atoms with Crippen molar-refractivity contribution in [2.75, 3.05) is 11.9 Å². The van der Waals surface area contributed by atoms with Gasteiger partial charge in [0.15, 0.2) is 6.61 Å². The molecule has 1 N–H and O–H groups in total.